The predicted molar refractivity (Wildman–Crippen MR) is 105 cm³/mol. The van der Waals surface area contributed by atoms with Gasteiger partial charge in [0.05, 0.1) is 0 Å². The summed E-state index contributed by atoms with van der Waals surface area (Å²) in [7, 11) is 0. The highest BCUT2D eigenvalue weighted by Gasteiger charge is 2.25. The Hall–Kier alpha value is -1.18. The van der Waals surface area contributed by atoms with Crippen LogP contribution in [0.5, 0.6) is 0 Å². The van der Waals surface area contributed by atoms with Crippen LogP contribution in [0.1, 0.15) is 88.5 Å². The standard InChI is InChI=1S/C24H34F2/c1-2-3-4-18-5-7-19(8-6-18)9-10-20-11-13-21(14-12-20)22-15-16-23(25)24(26)17-22/h2,15-21H,1,3-14H2. The van der Waals surface area contributed by atoms with Gasteiger partial charge in [0, 0.05) is 0 Å². The quantitative estimate of drug-likeness (QED) is 0.435. The second kappa shape index (κ2) is 9.67. The SMILES string of the molecule is C=CCCC1CCC(CCC2CCC(c3ccc(F)c(F)c3)CC2)CC1. The van der Waals surface area contributed by atoms with E-state index in [2.05, 4.69) is 12.7 Å². The van der Waals surface area contributed by atoms with Crippen LogP contribution in [0.4, 0.5) is 8.78 Å². The van der Waals surface area contributed by atoms with Gasteiger partial charge in [-0.3, -0.25) is 0 Å². The molecule has 2 aliphatic rings. The smallest absolute Gasteiger partial charge is 0.159 e. The molecule has 0 spiro atoms. The fourth-order valence-corrected chi connectivity index (χ4v) is 5.18. The molecule has 0 amide bonds. The second-order valence-corrected chi connectivity index (χ2v) is 8.72. The molecule has 1 aromatic carbocycles. The van der Waals surface area contributed by atoms with Crippen molar-refractivity contribution in [2.75, 3.05) is 0 Å². The van der Waals surface area contributed by atoms with Gasteiger partial charge in [-0.15, -0.1) is 6.58 Å². The van der Waals surface area contributed by atoms with Gasteiger partial charge < -0.3 is 0 Å². The van der Waals surface area contributed by atoms with Crippen LogP contribution in [0.2, 0.25) is 0 Å². The number of allylic oxidation sites excluding steroid dienone is 1. The van der Waals surface area contributed by atoms with Gasteiger partial charge in [0.25, 0.3) is 0 Å². The summed E-state index contributed by atoms with van der Waals surface area (Å²) < 4.78 is 26.6. The molecule has 2 saturated carbocycles. The summed E-state index contributed by atoms with van der Waals surface area (Å²) in [5.74, 6) is 1.71. The molecule has 0 atom stereocenters. The van der Waals surface area contributed by atoms with E-state index in [1.807, 2.05) is 0 Å². The molecule has 2 heteroatoms. The van der Waals surface area contributed by atoms with E-state index in [-0.39, 0.29) is 0 Å². The lowest BCUT2D eigenvalue weighted by Crippen LogP contribution is -2.17. The maximum absolute atomic E-state index is 13.5. The van der Waals surface area contributed by atoms with Gasteiger partial charge in [-0.25, -0.2) is 8.78 Å². The molecular formula is C24H34F2. The number of hydrogen-bond donors (Lipinski definition) is 0. The normalized spacial score (nSPS) is 29.5. The van der Waals surface area contributed by atoms with E-state index in [1.165, 1.54) is 76.3 Å². The van der Waals surface area contributed by atoms with Crippen molar-refractivity contribution in [2.24, 2.45) is 17.8 Å². The third-order valence-corrected chi connectivity index (χ3v) is 6.99. The fraction of sp³-hybridized carbons (Fsp3) is 0.667. The molecule has 26 heavy (non-hydrogen) atoms. The average Bonchev–Trinajstić information content (AvgIpc) is 2.68. The Morgan fingerprint density at radius 1 is 0.769 bits per heavy atom. The zero-order valence-corrected chi connectivity index (χ0v) is 16.1. The van der Waals surface area contributed by atoms with Gasteiger partial charge in [0.2, 0.25) is 0 Å². The number of benzene rings is 1. The molecule has 0 bridgehead atoms. The topological polar surface area (TPSA) is 0 Å². The third kappa shape index (κ3) is 5.41. The summed E-state index contributed by atoms with van der Waals surface area (Å²) in [6.07, 6.45) is 17.8. The molecule has 3 rings (SSSR count). The second-order valence-electron chi connectivity index (χ2n) is 8.72. The van der Waals surface area contributed by atoms with Gasteiger partial charge in [-0.1, -0.05) is 50.7 Å². The van der Waals surface area contributed by atoms with Crippen LogP contribution < -0.4 is 0 Å². The Kier molecular flexibility index (Phi) is 7.28. The molecule has 0 saturated heterocycles. The molecule has 0 radical (unpaired) electrons. The minimum atomic E-state index is -0.735. The minimum Gasteiger partial charge on any atom is -0.204 e. The van der Waals surface area contributed by atoms with E-state index in [1.54, 1.807) is 6.07 Å². The van der Waals surface area contributed by atoms with Crippen LogP contribution >= 0.6 is 0 Å². The predicted octanol–water partition coefficient (Wildman–Crippen LogP) is 7.79. The van der Waals surface area contributed by atoms with Crippen LogP contribution in [-0.4, -0.2) is 0 Å². The molecule has 0 aromatic heterocycles. The van der Waals surface area contributed by atoms with E-state index < -0.39 is 11.6 Å². The van der Waals surface area contributed by atoms with Crippen molar-refractivity contribution in [3.63, 3.8) is 0 Å². The summed E-state index contributed by atoms with van der Waals surface area (Å²) >= 11 is 0. The molecule has 0 unspecified atom stereocenters. The van der Waals surface area contributed by atoms with Crippen LogP contribution in [-0.2, 0) is 0 Å². The highest BCUT2D eigenvalue weighted by Crippen LogP contribution is 2.40. The number of halogens is 2. The van der Waals surface area contributed by atoms with Crippen molar-refractivity contribution in [1.82, 2.24) is 0 Å². The van der Waals surface area contributed by atoms with E-state index in [0.717, 1.165) is 36.2 Å². The monoisotopic (exact) mass is 360 g/mol. The first-order valence-electron chi connectivity index (χ1n) is 10.7. The molecule has 2 aliphatic carbocycles. The van der Waals surface area contributed by atoms with Crippen molar-refractivity contribution in [1.29, 1.82) is 0 Å². The van der Waals surface area contributed by atoms with Crippen LogP contribution in [0.25, 0.3) is 0 Å². The number of rotatable bonds is 7. The first-order chi connectivity index (χ1) is 12.7. The van der Waals surface area contributed by atoms with Gasteiger partial charge in [0.15, 0.2) is 11.6 Å². The summed E-state index contributed by atoms with van der Waals surface area (Å²) in [5.41, 5.74) is 0.986. The first-order valence-corrected chi connectivity index (χ1v) is 10.7. The fourth-order valence-electron chi connectivity index (χ4n) is 5.18. The summed E-state index contributed by atoms with van der Waals surface area (Å²) in [6, 6.07) is 4.46. The molecular weight excluding hydrogens is 326 g/mol. The molecule has 144 valence electrons. The van der Waals surface area contributed by atoms with Crippen LogP contribution in [0.15, 0.2) is 30.9 Å². The van der Waals surface area contributed by atoms with Crippen molar-refractivity contribution in [3.8, 4) is 0 Å². The molecule has 1 aromatic rings. The van der Waals surface area contributed by atoms with E-state index in [4.69, 9.17) is 0 Å². The zero-order chi connectivity index (χ0) is 18.4. The highest BCUT2D eigenvalue weighted by molar-refractivity contribution is 5.22. The number of hydrogen-bond acceptors (Lipinski definition) is 0. The Balaban J connectivity index is 1.35. The molecule has 0 N–H and O–H groups in total. The Morgan fingerprint density at radius 2 is 1.31 bits per heavy atom. The average molecular weight is 361 g/mol. The zero-order valence-electron chi connectivity index (χ0n) is 16.1. The van der Waals surface area contributed by atoms with Crippen molar-refractivity contribution < 1.29 is 8.78 Å². The summed E-state index contributed by atoms with van der Waals surface area (Å²) in [5, 5.41) is 0. The molecule has 0 nitrogen and oxygen atoms in total. The van der Waals surface area contributed by atoms with Gasteiger partial charge in [-0.05, 0) is 79.9 Å². The van der Waals surface area contributed by atoms with Gasteiger partial charge in [-0.2, -0.15) is 0 Å². The van der Waals surface area contributed by atoms with Crippen molar-refractivity contribution in [3.05, 3.63) is 48.1 Å². The lowest BCUT2D eigenvalue weighted by molar-refractivity contribution is 0.225. The van der Waals surface area contributed by atoms with Gasteiger partial charge in [0.1, 0.15) is 0 Å². The molecule has 0 aliphatic heterocycles. The highest BCUT2D eigenvalue weighted by atomic mass is 19.2. The lowest BCUT2D eigenvalue weighted by Gasteiger charge is -2.32. The third-order valence-electron chi connectivity index (χ3n) is 6.99. The largest absolute Gasteiger partial charge is 0.204 e. The minimum absolute atomic E-state index is 0.418. The van der Waals surface area contributed by atoms with E-state index in [0.29, 0.717) is 5.92 Å². The molecule has 0 heterocycles. The maximum atomic E-state index is 13.5. The summed E-state index contributed by atoms with van der Waals surface area (Å²) in [6.45, 7) is 3.84. The lowest BCUT2D eigenvalue weighted by atomic mass is 9.74. The Labute approximate surface area is 158 Å². The van der Waals surface area contributed by atoms with E-state index in [9.17, 15) is 8.78 Å². The summed E-state index contributed by atoms with van der Waals surface area (Å²) in [4.78, 5) is 0. The molecule has 2 fully saturated rings. The van der Waals surface area contributed by atoms with E-state index >= 15 is 0 Å². The van der Waals surface area contributed by atoms with Crippen LogP contribution in [0.3, 0.4) is 0 Å². The van der Waals surface area contributed by atoms with Crippen LogP contribution in [0, 0.1) is 29.4 Å². The maximum Gasteiger partial charge on any atom is 0.159 e. The van der Waals surface area contributed by atoms with Crippen molar-refractivity contribution >= 4 is 0 Å². The first kappa shape index (κ1) is 19.6. The Bertz CT molecular complexity index is 564. The van der Waals surface area contributed by atoms with Gasteiger partial charge >= 0.3 is 0 Å². The Morgan fingerprint density at radius 3 is 1.85 bits per heavy atom. The van der Waals surface area contributed by atoms with Crippen molar-refractivity contribution in [2.45, 2.75) is 83.0 Å².